The smallest absolute Gasteiger partial charge is 0.271 e. The number of aromatic nitrogens is 2. The van der Waals surface area contributed by atoms with Crippen molar-refractivity contribution >= 4 is 5.91 Å². The summed E-state index contributed by atoms with van der Waals surface area (Å²) in [6.07, 6.45) is 3.58. The van der Waals surface area contributed by atoms with Gasteiger partial charge in [-0.25, -0.2) is 0 Å². The van der Waals surface area contributed by atoms with Crippen LogP contribution in [0.1, 0.15) is 37.2 Å². The second kappa shape index (κ2) is 5.53. The van der Waals surface area contributed by atoms with E-state index in [2.05, 4.69) is 22.4 Å². The number of aromatic amines is 1. The quantitative estimate of drug-likeness (QED) is 0.853. The van der Waals surface area contributed by atoms with Gasteiger partial charge in [-0.1, -0.05) is 13.3 Å². The Morgan fingerprint density at radius 3 is 3.11 bits per heavy atom. The van der Waals surface area contributed by atoms with Gasteiger partial charge in [-0.05, 0) is 25.5 Å². The second-order valence-corrected chi connectivity index (χ2v) is 4.31. The summed E-state index contributed by atoms with van der Waals surface area (Å²) < 4.78 is 5.23. The largest absolute Gasteiger partial charge is 0.463 e. The highest BCUT2D eigenvalue weighted by molar-refractivity contribution is 5.93. The molecule has 0 unspecified atom stereocenters. The molecule has 0 fully saturated rings. The average molecular weight is 247 g/mol. The fraction of sp³-hybridized carbons (Fsp3) is 0.385. The van der Waals surface area contributed by atoms with Gasteiger partial charge in [0.05, 0.1) is 6.26 Å². The Morgan fingerprint density at radius 1 is 1.61 bits per heavy atom. The number of furan rings is 1. The Hall–Kier alpha value is -2.04. The number of nitrogens with zero attached hydrogens (tertiary/aromatic N) is 1. The summed E-state index contributed by atoms with van der Waals surface area (Å²) in [6, 6.07) is 5.45. The predicted molar refractivity (Wildman–Crippen MR) is 68.1 cm³/mol. The Morgan fingerprint density at radius 2 is 2.44 bits per heavy atom. The van der Waals surface area contributed by atoms with Crippen LogP contribution in [0, 0.1) is 0 Å². The molecule has 0 aliphatic carbocycles. The Balaban J connectivity index is 2.04. The van der Waals surface area contributed by atoms with E-state index in [-0.39, 0.29) is 11.9 Å². The molecule has 18 heavy (non-hydrogen) atoms. The lowest BCUT2D eigenvalue weighted by Crippen LogP contribution is -2.32. The summed E-state index contributed by atoms with van der Waals surface area (Å²) in [6.45, 7) is 4.08. The van der Waals surface area contributed by atoms with Gasteiger partial charge < -0.3 is 9.73 Å². The normalized spacial score (nSPS) is 12.3. The highest BCUT2D eigenvalue weighted by Crippen LogP contribution is 2.17. The van der Waals surface area contributed by atoms with Crippen LogP contribution in [0.3, 0.4) is 0 Å². The van der Waals surface area contributed by atoms with Crippen molar-refractivity contribution in [3.05, 3.63) is 30.2 Å². The molecule has 2 aromatic rings. The maximum absolute atomic E-state index is 11.9. The van der Waals surface area contributed by atoms with Gasteiger partial charge >= 0.3 is 0 Å². The number of nitrogens with one attached hydrogen (secondary N) is 2. The van der Waals surface area contributed by atoms with E-state index in [0.717, 1.165) is 12.8 Å². The number of hydrogen-bond donors (Lipinski definition) is 2. The van der Waals surface area contributed by atoms with E-state index in [0.29, 0.717) is 17.1 Å². The predicted octanol–water partition coefficient (Wildman–Crippen LogP) is 2.59. The third-order valence-corrected chi connectivity index (χ3v) is 2.70. The molecule has 0 aromatic carbocycles. The SMILES string of the molecule is CCC[C@@H](C)NC(=O)c1cc(-c2ccco2)[nH]n1. The van der Waals surface area contributed by atoms with Crippen LogP contribution in [-0.4, -0.2) is 22.1 Å². The van der Waals surface area contributed by atoms with E-state index in [1.165, 1.54) is 0 Å². The number of hydrogen-bond acceptors (Lipinski definition) is 3. The monoisotopic (exact) mass is 247 g/mol. The van der Waals surface area contributed by atoms with Gasteiger partial charge in [0.15, 0.2) is 11.5 Å². The molecule has 0 bridgehead atoms. The summed E-state index contributed by atoms with van der Waals surface area (Å²) in [4.78, 5) is 11.9. The van der Waals surface area contributed by atoms with E-state index in [1.807, 2.05) is 13.0 Å². The minimum Gasteiger partial charge on any atom is -0.463 e. The van der Waals surface area contributed by atoms with E-state index in [4.69, 9.17) is 4.42 Å². The van der Waals surface area contributed by atoms with Gasteiger partial charge in [-0.3, -0.25) is 9.89 Å². The zero-order valence-corrected chi connectivity index (χ0v) is 10.6. The summed E-state index contributed by atoms with van der Waals surface area (Å²) in [5.41, 5.74) is 1.08. The van der Waals surface area contributed by atoms with Crippen molar-refractivity contribution in [1.29, 1.82) is 0 Å². The minimum absolute atomic E-state index is 0.159. The van der Waals surface area contributed by atoms with E-state index >= 15 is 0 Å². The first kappa shape index (κ1) is 12.4. The molecule has 0 radical (unpaired) electrons. The molecule has 96 valence electrons. The number of carbonyl (C=O) groups excluding carboxylic acids is 1. The maximum Gasteiger partial charge on any atom is 0.271 e. The van der Waals surface area contributed by atoms with E-state index in [9.17, 15) is 4.79 Å². The van der Waals surface area contributed by atoms with Crippen molar-refractivity contribution in [3.8, 4) is 11.5 Å². The lowest BCUT2D eigenvalue weighted by atomic mass is 10.2. The zero-order valence-electron chi connectivity index (χ0n) is 10.6. The molecule has 1 atom stereocenters. The fourth-order valence-corrected chi connectivity index (χ4v) is 1.80. The molecule has 0 aliphatic heterocycles. The molecule has 2 rings (SSSR count). The highest BCUT2D eigenvalue weighted by Gasteiger charge is 2.14. The lowest BCUT2D eigenvalue weighted by Gasteiger charge is -2.10. The Bertz CT molecular complexity index is 502. The lowest BCUT2D eigenvalue weighted by molar-refractivity contribution is 0.0933. The van der Waals surface area contributed by atoms with Crippen LogP contribution in [0.5, 0.6) is 0 Å². The molecular weight excluding hydrogens is 230 g/mol. The molecule has 0 aliphatic rings. The topological polar surface area (TPSA) is 70.9 Å². The first-order valence-corrected chi connectivity index (χ1v) is 6.11. The van der Waals surface area contributed by atoms with Crippen molar-refractivity contribution < 1.29 is 9.21 Å². The van der Waals surface area contributed by atoms with E-state index < -0.39 is 0 Å². The molecule has 1 amide bonds. The standard InChI is InChI=1S/C13H17N3O2/c1-3-5-9(2)14-13(17)11-8-10(15-16-11)12-6-4-7-18-12/h4,6-9H,3,5H2,1-2H3,(H,14,17)(H,15,16)/t9-/m1/s1. The molecule has 0 saturated heterocycles. The van der Waals surface area contributed by atoms with Crippen LogP contribution in [0.15, 0.2) is 28.9 Å². The molecule has 0 spiro atoms. The van der Waals surface area contributed by atoms with Gasteiger partial charge in [0, 0.05) is 12.1 Å². The third kappa shape index (κ3) is 2.80. The molecular formula is C13H17N3O2. The zero-order chi connectivity index (χ0) is 13.0. The first-order chi connectivity index (χ1) is 8.70. The molecule has 2 heterocycles. The number of rotatable bonds is 5. The van der Waals surface area contributed by atoms with Crippen LogP contribution < -0.4 is 5.32 Å². The summed E-state index contributed by atoms with van der Waals surface area (Å²) >= 11 is 0. The van der Waals surface area contributed by atoms with Crippen LogP contribution in [0.25, 0.3) is 11.5 Å². The van der Waals surface area contributed by atoms with Crippen LogP contribution in [0.4, 0.5) is 0 Å². The fourth-order valence-electron chi connectivity index (χ4n) is 1.80. The number of carbonyl (C=O) groups is 1. The Labute approximate surface area is 106 Å². The van der Waals surface area contributed by atoms with Crippen molar-refractivity contribution in [2.75, 3.05) is 0 Å². The minimum atomic E-state index is -0.162. The molecule has 2 aromatic heterocycles. The Kier molecular flexibility index (Phi) is 3.82. The summed E-state index contributed by atoms with van der Waals surface area (Å²) in [7, 11) is 0. The number of H-pyrrole nitrogens is 1. The highest BCUT2D eigenvalue weighted by atomic mass is 16.3. The van der Waals surface area contributed by atoms with Crippen LogP contribution in [-0.2, 0) is 0 Å². The van der Waals surface area contributed by atoms with Crippen molar-refractivity contribution in [1.82, 2.24) is 15.5 Å². The van der Waals surface area contributed by atoms with Gasteiger partial charge in [0.25, 0.3) is 5.91 Å². The van der Waals surface area contributed by atoms with Crippen molar-refractivity contribution in [2.45, 2.75) is 32.7 Å². The third-order valence-electron chi connectivity index (χ3n) is 2.70. The van der Waals surface area contributed by atoms with Crippen molar-refractivity contribution in [2.24, 2.45) is 0 Å². The van der Waals surface area contributed by atoms with Gasteiger partial charge in [0.2, 0.25) is 0 Å². The molecule has 5 heteroatoms. The number of amides is 1. The van der Waals surface area contributed by atoms with Crippen LogP contribution >= 0.6 is 0 Å². The first-order valence-electron chi connectivity index (χ1n) is 6.11. The molecule has 0 saturated carbocycles. The van der Waals surface area contributed by atoms with Crippen molar-refractivity contribution in [3.63, 3.8) is 0 Å². The summed E-state index contributed by atoms with van der Waals surface area (Å²) in [5, 5.41) is 9.68. The molecule has 5 nitrogen and oxygen atoms in total. The van der Waals surface area contributed by atoms with Crippen LogP contribution in [0.2, 0.25) is 0 Å². The van der Waals surface area contributed by atoms with Gasteiger partial charge in [-0.15, -0.1) is 0 Å². The maximum atomic E-state index is 11.9. The average Bonchev–Trinajstić information content (AvgIpc) is 3.00. The van der Waals surface area contributed by atoms with Gasteiger partial charge in [-0.2, -0.15) is 5.10 Å². The van der Waals surface area contributed by atoms with Gasteiger partial charge in [0.1, 0.15) is 5.69 Å². The molecule has 2 N–H and O–H groups in total. The summed E-state index contributed by atoms with van der Waals surface area (Å²) in [5.74, 6) is 0.508. The van der Waals surface area contributed by atoms with E-state index in [1.54, 1.807) is 18.4 Å². The second-order valence-electron chi connectivity index (χ2n) is 4.31.